The lowest BCUT2D eigenvalue weighted by molar-refractivity contribution is -0.125. The summed E-state index contributed by atoms with van der Waals surface area (Å²) in [6.07, 6.45) is 0.279. The SMILES string of the molecule is NC(=O)C(O)CNCC(O)COCC1CCCO1. The molecule has 7 nitrogen and oxygen atoms in total. The van der Waals surface area contributed by atoms with Gasteiger partial charge in [-0.15, -0.1) is 0 Å². The van der Waals surface area contributed by atoms with Crippen LogP contribution in [-0.2, 0) is 14.3 Å². The highest BCUT2D eigenvalue weighted by atomic mass is 16.5. The van der Waals surface area contributed by atoms with Crippen LogP contribution in [0.5, 0.6) is 0 Å². The van der Waals surface area contributed by atoms with Gasteiger partial charge in [0.05, 0.1) is 25.4 Å². The lowest BCUT2D eigenvalue weighted by Gasteiger charge is -2.15. The molecule has 18 heavy (non-hydrogen) atoms. The fraction of sp³-hybridized carbons (Fsp3) is 0.909. The number of aliphatic hydroxyl groups excluding tert-OH is 2. The maximum absolute atomic E-state index is 10.5. The van der Waals surface area contributed by atoms with Crippen LogP contribution in [0.25, 0.3) is 0 Å². The molecule has 0 aliphatic carbocycles. The molecule has 0 bridgehead atoms. The van der Waals surface area contributed by atoms with Crippen LogP contribution < -0.4 is 11.1 Å². The molecule has 106 valence electrons. The van der Waals surface area contributed by atoms with E-state index >= 15 is 0 Å². The smallest absolute Gasteiger partial charge is 0.247 e. The Bertz CT molecular complexity index is 246. The number of nitrogens with two attached hydrogens (primary N) is 1. The van der Waals surface area contributed by atoms with E-state index < -0.39 is 18.1 Å². The molecule has 0 aromatic rings. The van der Waals surface area contributed by atoms with Crippen molar-refractivity contribution in [3.63, 3.8) is 0 Å². The number of hydrogen-bond donors (Lipinski definition) is 4. The Hall–Kier alpha value is -0.730. The number of amides is 1. The third-order valence-corrected chi connectivity index (χ3v) is 2.68. The van der Waals surface area contributed by atoms with Crippen molar-refractivity contribution >= 4 is 5.91 Å². The first-order valence-electron chi connectivity index (χ1n) is 6.15. The van der Waals surface area contributed by atoms with Gasteiger partial charge in [-0.05, 0) is 12.8 Å². The van der Waals surface area contributed by atoms with E-state index in [0.717, 1.165) is 19.4 Å². The molecule has 1 saturated heterocycles. The Morgan fingerprint density at radius 3 is 2.89 bits per heavy atom. The van der Waals surface area contributed by atoms with Crippen LogP contribution in [0.15, 0.2) is 0 Å². The molecule has 0 radical (unpaired) electrons. The highest BCUT2D eigenvalue weighted by Crippen LogP contribution is 2.11. The van der Waals surface area contributed by atoms with Gasteiger partial charge in [0.2, 0.25) is 5.91 Å². The second-order valence-electron chi connectivity index (χ2n) is 4.40. The second-order valence-corrected chi connectivity index (χ2v) is 4.40. The van der Waals surface area contributed by atoms with Gasteiger partial charge in [0, 0.05) is 19.7 Å². The van der Waals surface area contributed by atoms with E-state index in [0.29, 0.717) is 6.61 Å². The van der Waals surface area contributed by atoms with Gasteiger partial charge < -0.3 is 30.7 Å². The minimum absolute atomic E-state index is 0.0259. The molecule has 3 unspecified atom stereocenters. The molecule has 1 aliphatic rings. The maximum atomic E-state index is 10.5. The van der Waals surface area contributed by atoms with Crippen molar-refractivity contribution in [1.29, 1.82) is 0 Å². The standard InChI is InChI=1S/C11H22N2O5/c12-11(16)10(15)5-13-4-8(14)6-17-7-9-2-1-3-18-9/h8-10,13-15H,1-7H2,(H2,12,16). The van der Waals surface area contributed by atoms with E-state index in [4.69, 9.17) is 20.3 Å². The van der Waals surface area contributed by atoms with Crippen molar-refractivity contribution < 1.29 is 24.5 Å². The van der Waals surface area contributed by atoms with Crippen LogP contribution in [0, 0.1) is 0 Å². The van der Waals surface area contributed by atoms with E-state index in [1.54, 1.807) is 0 Å². The van der Waals surface area contributed by atoms with Gasteiger partial charge in [0.1, 0.15) is 6.10 Å². The van der Waals surface area contributed by atoms with Gasteiger partial charge in [-0.3, -0.25) is 4.79 Å². The normalized spacial score (nSPS) is 22.9. The number of carbonyl (C=O) groups is 1. The van der Waals surface area contributed by atoms with Gasteiger partial charge in [-0.2, -0.15) is 0 Å². The minimum atomic E-state index is -1.23. The van der Waals surface area contributed by atoms with Crippen molar-refractivity contribution in [2.45, 2.75) is 31.2 Å². The number of carbonyl (C=O) groups excluding carboxylic acids is 1. The van der Waals surface area contributed by atoms with Gasteiger partial charge in [-0.1, -0.05) is 0 Å². The Morgan fingerprint density at radius 1 is 1.50 bits per heavy atom. The third kappa shape index (κ3) is 6.27. The lowest BCUT2D eigenvalue weighted by Crippen LogP contribution is -2.41. The van der Waals surface area contributed by atoms with Crippen LogP contribution >= 0.6 is 0 Å². The van der Waals surface area contributed by atoms with Crippen LogP contribution in [0.2, 0.25) is 0 Å². The van der Waals surface area contributed by atoms with E-state index in [1.165, 1.54) is 0 Å². The molecule has 1 rings (SSSR count). The van der Waals surface area contributed by atoms with E-state index in [2.05, 4.69) is 5.32 Å². The minimum Gasteiger partial charge on any atom is -0.389 e. The monoisotopic (exact) mass is 262 g/mol. The number of primary amides is 1. The first-order chi connectivity index (χ1) is 8.59. The van der Waals surface area contributed by atoms with Crippen LogP contribution in [0.4, 0.5) is 0 Å². The highest BCUT2D eigenvalue weighted by molar-refractivity contribution is 5.78. The van der Waals surface area contributed by atoms with Gasteiger partial charge in [0.15, 0.2) is 0 Å². The molecule has 1 amide bonds. The van der Waals surface area contributed by atoms with Gasteiger partial charge in [0.25, 0.3) is 0 Å². The zero-order chi connectivity index (χ0) is 13.4. The molecule has 1 aliphatic heterocycles. The lowest BCUT2D eigenvalue weighted by atomic mass is 10.2. The van der Waals surface area contributed by atoms with Crippen LogP contribution in [0.1, 0.15) is 12.8 Å². The molecule has 7 heteroatoms. The Kier molecular flexibility index (Phi) is 7.14. The molecular formula is C11H22N2O5. The number of nitrogens with one attached hydrogen (secondary N) is 1. The summed E-state index contributed by atoms with van der Waals surface area (Å²) in [4.78, 5) is 10.5. The molecule has 0 aromatic heterocycles. The molecule has 3 atom stereocenters. The number of hydrogen-bond acceptors (Lipinski definition) is 6. The van der Waals surface area contributed by atoms with Crippen LogP contribution in [0.3, 0.4) is 0 Å². The number of rotatable bonds is 9. The average Bonchev–Trinajstić information content (AvgIpc) is 2.81. The summed E-state index contributed by atoms with van der Waals surface area (Å²) in [5, 5.41) is 21.4. The van der Waals surface area contributed by atoms with E-state index in [1.807, 2.05) is 0 Å². The predicted octanol–water partition coefficient (Wildman–Crippen LogP) is -2.02. The Morgan fingerprint density at radius 2 is 2.28 bits per heavy atom. The summed E-state index contributed by atoms with van der Waals surface area (Å²) in [5.41, 5.74) is 4.87. The molecule has 0 aromatic carbocycles. The van der Waals surface area contributed by atoms with E-state index in [9.17, 15) is 9.90 Å². The van der Waals surface area contributed by atoms with E-state index in [-0.39, 0.29) is 25.8 Å². The molecule has 1 fully saturated rings. The zero-order valence-corrected chi connectivity index (χ0v) is 10.4. The molecule has 0 spiro atoms. The summed E-state index contributed by atoms with van der Waals surface area (Å²) in [5.74, 6) is -0.786. The fourth-order valence-corrected chi connectivity index (χ4v) is 1.66. The van der Waals surface area contributed by atoms with Crippen molar-refractivity contribution in [2.24, 2.45) is 5.73 Å². The average molecular weight is 262 g/mol. The van der Waals surface area contributed by atoms with Crippen LogP contribution in [-0.4, -0.2) is 67.3 Å². The Balaban J connectivity index is 1.96. The van der Waals surface area contributed by atoms with Crippen molar-refractivity contribution in [1.82, 2.24) is 5.32 Å². The molecule has 0 saturated carbocycles. The summed E-state index contributed by atoms with van der Waals surface area (Å²) in [6.45, 7) is 1.72. The zero-order valence-electron chi connectivity index (χ0n) is 10.4. The summed E-state index contributed by atoms with van der Waals surface area (Å²) in [6, 6.07) is 0. The quantitative estimate of drug-likeness (QED) is 0.381. The third-order valence-electron chi connectivity index (χ3n) is 2.68. The highest BCUT2D eigenvalue weighted by Gasteiger charge is 2.16. The molecule has 5 N–H and O–H groups in total. The predicted molar refractivity (Wildman–Crippen MR) is 63.9 cm³/mol. The number of aliphatic hydroxyl groups is 2. The maximum Gasteiger partial charge on any atom is 0.247 e. The first-order valence-corrected chi connectivity index (χ1v) is 6.15. The van der Waals surface area contributed by atoms with Crippen molar-refractivity contribution in [3.05, 3.63) is 0 Å². The molecular weight excluding hydrogens is 240 g/mol. The van der Waals surface area contributed by atoms with Crippen molar-refractivity contribution in [2.75, 3.05) is 32.9 Å². The fourth-order valence-electron chi connectivity index (χ4n) is 1.66. The number of ether oxygens (including phenoxy) is 2. The second kappa shape index (κ2) is 8.39. The summed E-state index contributed by atoms with van der Waals surface area (Å²) in [7, 11) is 0. The largest absolute Gasteiger partial charge is 0.389 e. The first kappa shape index (κ1) is 15.3. The summed E-state index contributed by atoms with van der Waals surface area (Å²) < 4.78 is 10.7. The van der Waals surface area contributed by atoms with Gasteiger partial charge >= 0.3 is 0 Å². The molecule has 1 heterocycles. The Labute approximate surface area is 106 Å². The van der Waals surface area contributed by atoms with Gasteiger partial charge in [-0.25, -0.2) is 0 Å². The van der Waals surface area contributed by atoms with Crippen molar-refractivity contribution in [3.8, 4) is 0 Å². The topological polar surface area (TPSA) is 114 Å². The summed E-state index contributed by atoms with van der Waals surface area (Å²) >= 11 is 0.